The van der Waals surface area contributed by atoms with Gasteiger partial charge in [-0.25, -0.2) is 0 Å². The lowest BCUT2D eigenvalue weighted by Gasteiger charge is -2.30. The average molecular weight is 278 g/mol. The van der Waals surface area contributed by atoms with Crippen molar-refractivity contribution < 1.29 is 4.79 Å². The highest BCUT2D eigenvalue weighted by Crippen LogP contribution is 2.49. The summed E-state index contributed by atoms with van der Waals surface area (Å²) in [6.45, 7) is 0. The van der Waals surface area contributed by atoms with Crippen LogP contribution in [0.5, 0.6) is 0 Å². The van der Waals surface area contributed by atoms with Crippen LogP contribution in [-0.4, -0.2) is 17.3 Å². The normalized spacial score (nSPS) is 23.0. The molecule has 0 spiro atoms. The lowest BCUT2D eigenvalue weighted by atomic mass is 9.92. The number of hydrogen-bond donors (Lipinski definition) is 1. The summed E-state index contributed by atoms with van der Waals surface area (Å²) in [5.41, 5.74) is 0.724. The Morgan fingerprint density at radius 3 is 2.26 bits per heavy atom. The number of benzene rings is 1. The first-order valence-corrected chi connectivity index (χ1v) is 7.68. The molecule has 3 rings (SSSR count). The third-order valence-corrected chi connectivity index (χ3v) is 5.22. The van der Waals surface area contributed by atoms with Gasteiger partial charge in [-0.2, -0.15) is 0 Å². The van der Waals surface area contributed by atoms with Gasteiger partial charge in [0.25, 0.3) is 0 Å². The number of rotatable bonds is 4. The van der Waals surface area contributed by atoms with Gasteiger partial charge in [-0.15, -0.1) is 11.6 Å². The zero-order valence-electron chi connectivity index (χ0n) is 11.1. The van der Waals surface area contributed by atoms with E-state index >= 15 is 0 Å². The molecule has 0 unspecified atom stereocenters. The molecule has 19 heavy (non-hydrogen) atoms. The van der Waals surface area contributed by atoms with E-state index in [0.29, 0.717) is 5.88 Å². The first kappa shape index (κ1) is 13.0. The topological polar surface area (TPSA) is 29.1 Å². The molecule has 102 valence electrons. The quantitative estimate of drug-likeness (QED) is 0.840. The van der Waals surface area contributed by atoms with Crippen molar-refractivity contribution in [2.75, 3.05) is 5.88 Å². The maximum Gasteiger partial charge on any atom is 0.231 e. The Bertz CT molecular complexity index is 461. The van der Waals surface area contributed by atoms with Crippen LogP contribution in [0, 0.1) is 0 Å². The molecule has 0 radical (unpaired) electrons. The molecule has 1 N–H and O–H groups in total. The SMILES string of the molecule is O=C(NC1(CCl)CCCC1)C1(c2ccccc2)CC1. The predicted octanol–water partition coefficient (Wildman–Crippen LogP) is 3.39. The van der Waals surface area contributed by atoms with Crippen molar-refractivity contribution >= 4 is 17.5 Å². The van der Waals surface area contributed by atoms with Crippen molar-refractivity contribution in [3.63, 3.8) is 0 Å². The highest BCUT2D eigenvalue weighted by Gasteiger charge is 2.53. The summed E-state index contributed by atoms with van der Waals surface area (Å²) in [6.07, 6.45) is 6.30. The molecule has 2 fully saturated rings. The molecule has 0 bridgehead atoms. The lowest BCUT2D eigenvalue weighted by molar-refractivity contribution is -0.125. The van der Waals surface area contributed by atoms with Gasteiger partial charge in [0.15, 0.2) is 0 Å². The van der Waals surface area contributed by atoms with Gasteiger partial charge in [0.2, 0.25) is 5.91 Å². The zero-order chi connectivity index (χ0) is 13.3. The fourth-order valence-electron chi connectivity index (χ4n) is 3.23. The number of nitrogens with one attached hydrogen (secondary N) is 1. The molecule has 0 saturated heterocycles. The smallest absolute Gasteiger partial charge is 0.231 e. The largest absolute Gasteiger partial charge is 0.349 e. The molecule has 0 atom stereocenters. The van der Waals surface area contributed by atoms with E-state index in [4.69, 9.17) is 11.6 Å². The second-order valence-electron chi connectivity index (χ2n) is 6.02. The van der Waals surface area contributed by atoms with Crippen molar-refractivity contribution in [2.24, 2.45) is 0 Å². The molecule has 0 heterocycles. The molecule has 2 aliphatic rings. The van der Waals surface area contributed by atoms with E-state index in [1.807, 2.05) is 18.2 Å². The number of carbonyl (C=O) groups is 1. The average Bonchev–Trinajstić information content (AvgIpc) is 3.15. The molecule has 2 saturated carbocycles. The number of alkyl halides is 1. The van der Waals surface area contributed by atoms with Crippen LogP contribution in [0.2, 0.25) is 0 Å². The molecule has 0 aliphatic heterocycles. The summed E-state index contributed by atoms with van der Waals surface area (Å²) in [5.74, 6) is 0.713. The summed E-state index contributed by atoms with van der Waals surface area (Å²) < 4.78 is 0. The van der Waals surface area contributed by atoms with Gasteiger partial charge in [0, 0.05) is 5.88 Å². The highest BCUT2D eigenvalue weighted by molar-refractivity contribution is 6.18. The minimum atomic E-state index is -0.275. The standard InChI is InChI=1S/C16H20ClNO/c17-12-15(8-4-5-9-15)18-14(19)16(10-11-16)13-6-2-1-3-7-13/h1-3,6-7H,4-5,8-12H2,(H,18,19). The third-order valence-electron chi connectivity index (χ3n) is 4.71. The van der Waals surface area contributed by atoms with Crippen LogP contribution in [0.3, 0.4) is 0 Å². The Labute approximate surface area is 119 Å². The third kappa shape index (κ3) is 2.27. The molecule has 2 nitrogen and oxygen atoms in total. The van der Waals surface area contributed by atoms with Crippen LogP contribution in [-0.2, 0) is 10.2 Å². The van der Waals surface area contributed by atoms with Gasteiger partial charge < -0.3 is 5.32 Å². The van der Waals surface area contributed by atoms with Gasteiger partial charge >= 0.3 is 0 Å². The molecule has 2 aliphatic carbocycles. The minimum absolute atomic E-state index is 0.150. The first-order chi connectivity index (χ1) is 9.21. The van der Waals surface area contributed by atoms with E-state index in [-0.39, 0.29) is 16.9 Å². The van der Waals surface area contributed by atoms with Crippen LogP contribution in [0.25, 0.3) is 0 Å². The van der Waals surface area contributed by atoms with E-state index in [9.17, 15) is 4.79 Å². The summed E-state index contributed by atoms with van der Waals surface area (Å²) in [7, 11) is 0. The monoisotopic (exact) mass is 277 g/mol. The number of amides is 1. The Balaban J connectivity index is 1.77. The van der Waals surface area contributed by atoms with Crippen LogP contribution >= 0.6 is 11.6 Å². The molecule has 1 aromatic carbocycles. The van der Waals surface area contributed by atoms with Gasteiger partial charge in [-0.3, -0.25) is 4.79 Å². The molecular formula is C16H20ClNO. The summed E-state index contributed by atoms with van der Waals surface area (Å²) in [5, 5.41) is 3.27. The van der Waals surface area contributed by atoms with Gasteiger partial charge in [0.1, 0.15) is 0 Å². The van der Waals surface area contributed by atoms with Gasteiger partial charge in [0.05, 0.1) is 11.0 Å². The van der Waals surface area contributed by atoms with Crippen LogP contribution in [0.4, 0.5) is 0 Å². The fraction of sp³-hybridized carbons (Fsp3) is 0.562. The van der Waals surface area contributed by atoms with E-state index in [0.717, 1.165) is 31.2 Å². The zero-order valence-corrected chi connectivity index (χ0v) is 11.9. The van der Waals surface area contributed by atoms with Crippen molar-refractivity contribution in [3.8, 4) is 0 Å². The van der Waals surface area contributed by atoms with Gasteiger partial charge in [-0.1, -0.05) is 43.2 Å². The molecule has 1 aromatic rings. The fourth-order valence-corrected chi connectivity index (χ4v) is 3.57. The Kier molecular flexibility index (Phi) is 3.30. The molecule has 1 amide bonds. The van der Waals surface area contributed by atoms with Gasteiger partial charge in [-0.05, 0) is 31.2 Å². The lowest BCUT2D eigenvalue weighted by Crippen LogP contribution is -2.51. The highest BCUT2D eigenvalue weighted by atomic mass is 35.5. The van der Waals surface area contributed by atoms with Crippen LogP contribution in [0.1, 0.15) is 44.1 Å². The second-order valence-corrected chi connectivity index (χ2v) is 6.29. The van der Waals surface area contributed by atoms with Crippen LogP contribution < -0.4 is 5.32 Å². The van der Waals surface area contributed by atoms with E-state index in [1.165, 1.54) is 12.8 Å². The molecular weight excluding hydrogens is 258 g/mol. The summed E-state index contributed by atoms with van der Waals surface area (Å²) >= 11 is 6.11. The van der Waals surface area contributed by atoms with Crippen molar-refractivity contribution in [2.45, 2.75) is 49.5 Å². The molecule has 0 aromatic heterocycles. The Hall–Kier alpha value is -1.02. The predicted molar refractivity (Wildman–Crippen MR) is 77.4 cm³/mol. The Morgan fingerprint density at radius 2 is 1.74 bits per heavy atom. The maximum absolute atomic E-state index is 12.7. The first-order valence-electron chi connectivity index (χ1n) is 7.15. The van der Waals surface area contributed by atoms with Crippen molar-refractivity contribution in [1.82, 2.24) is 5.32 Å². The van der Waals surface area contributed by atoms with Crippen molar-refractivity contribution in [1.29, 1.82) is 0 Å². The van der Waals surface area contributed by atoms with E-state index in [2.05, 4.69) is 17.4 Å². The summed E-state index contributed by atoms with van der Waals surface area (Å²) in [4.78, 5) is 12.7. The minimum Gasteiger partial charge on any atom is -0.349 e. The molecule has 3 heteroatoms. The maximum atomic E-state index is 12.7. The second kappa shape index (κ2) is 4.82. The number of halogens is 1. The van der Waals surface area contributed by atoms with E-state index in [1.54, 1.807) is 0 Å². The number of hydrogen-bond acceptors (Lipinski definition) is 1. The van der Waals surface area contributed by atoms with Crippen molar-refractivity contribution in [3.05, 3.63) is 35.9 Å². The van der Waals surface area contributed by atoms with Crippen LogP contribution in [0.15, 0.2) is 30.3 Å². The van der Waals surface area contributed by atoms with E-state index < -0.39 is 0 Å². The Morgan fingerprint density at radius 1 is 1.11 bits per heavy atom. The summed E-state index contributed by atoms with van der Waals surface area (Å²) in [6, 6.07) is 10.1. The number of carbonyl (C=O) groups excluding carboxylic acids is 1.